The van der Waals surface area contributed by atoms with Gasteiger partial charge in [0.25, 0.3) is 5.91 Å². The highest BCUT2D eigenvalue weighted by Gasteiger charge is 2.27. The minimum Gasteiger partial charge on any atom is -0.484 e. The van der Waals surface area contributed by atoms with Gasteiger partial charge < -0.3 is 33.2 Å². The summed E-state index contributed by atoms with van der Waals surface area (Å²) in [6, 6.07) is 18.4. The largest absolute Gasteiger partial charge is 0.484 e. The minimum absolute atomic E-state index is 0.0951. The number of nitrogens with zero attached hydrogens (tertiary/aromatic N) is 2. The number of rotatable bonds is 11. The fourth-order valence-corrected chi connectivity index (χ4v) is 4.39. The molecule has 1 aromatic heterocycles. The van der Waals surface area contributed by atoms with Crippen molar-refractivity contribution in [2.75, 3.05) is 33.1 Å². The maximum Gasteiger partial charge on any atom is 0.261 e. The molecule has 0 N–H and O–H groups in total. The van der Waals surface area contributed by atoms with Crippen LogP contribution in [-0.4, -0.2) is 60.8 Å². The van der Waals surface area contributed by atoms with Crippen LogP contribution in [0.15, 0.2) is 71.3 Å². The molecule has 1 atom stereocenters. The van der Waals surface area contributed by atoms with Gasteiger partial charge >= 0.3 is 0 Å². The van der Waals surface area contributed by atoms with E-state index in [0.717, 1.165) is 18.4 Å². The predicted molar refractivity (Wildman–Crippen MR) is 133 cm³/mol. The monoisotopic (exact) mass is 506 g/mol. The third-order valence-corrected chi connectivity index (χ3v) is 6.32. The maximum atomic E-state index is 13.6. The van der Waals surface area contributed by atoms with Crippen LogP contribution in [0.1, 0.15) is 24.2 Å². The molecule has 3 aromatic rings. The van der Waals surface area contributed by atoms with Crippen molar-refractivity contribution in [3.05, 3.63) is 78.3 Å². The highest BCUT2D eigenvalue weighted by atomic mass is 16.7. The molecule has 2 aliphatic heterocycles. The van der Waals surface area contributed by atoms with Gasteiger partial charge in [0, 0.05) is 19.7 Å². The predicted octanol–water partition coefficient (Wildman–Crippen LogP) is 3.62. The van der Waals surface area contributed by atoms with Gasteiger partial charge in [-0.25, -0.2) is 0 Å². The van der Waals surface area contributed by atoms with E-state index < -0.39 is 0 Å². The molecule has 2 amide bonds. The first kappa shape index (κ1) is 24.7. The van der Waals surface area contributed by atoms with Crippen LogP contribution in [-0.2, 0) is 27.4 Å². The molecule has 0 bridgehead atoms. The number of fused-ring (bicyclic) bond motifs is 1. The lowest BCUT2D eigenvalue weighted by molar-refractivity contribution is -0.143. The summed E-state index contributed by atoms with van der Waals surface area (Å²) in [5, 5.41) is 0. The summed E-state index contributed by atoms with van der Waals surface area (Å²) in [6.45, 7) is 1.50. The number of benzene rings is 2. The Hall–Kier alpha value is -3.98. The molecule has 194 valence electrons. The first-order chi connectivity index (χ1) is 18.1. The van der Waals surface area contributed by atoms with Crippen molar-refractivity contribution in [1.29, 1.82) is 0 Å². The van der Waals surface area contributed by atoms with Crippen molar-refractivity contribution in [3.8, 4) is 17.2 Å². The van der Waals surface area contributed by atoms with Gasteiger partial charge in [0.2, 0.25) is 12.7 Å². The van der Waals surface area contributed by atoms with Crippen LogP contribution in [0.25, 0.3) is 0 Å². The van der Waals surface area contributed by atoms with Gasteiger partial charge in [-0.1, -0.05) is 24.3 Å². The zero-order chi connectivity index (χ0) is 25.5. The number of para-hydroxylation sites is 1. The molecule has 9 heteroatoms. The molecule has 0 aliphatic carbocycles. The molecule has 2 aliphatic rings. The summed E-state index contributed by atoms with van der Waals surface area (Å²) in [6.07, 6.45) is 3.27. The molecule has 1 fully saturated rings. The molecule has 2 aromatic carbocycles. The fourth-order valence-electron chi connectivity index (χ4n) is 4.39. The summed E-state index contributed by atoms with van der Waals surface area (Å²) in [4.78, 5) is 30.0. The van der Waals surface area contributed by atoms with Gasteiger partial charge in [-0.2, -0.15) is 0 Å². The van der Waals surface area contributed by atoms with Gasteiger partial charge in [-0.05, 0) is 54.8 Å². The van der Waals surface area contributed by atoms with Crippen molar-refractivity contribution >= 4 is 11.8 Å². The van der Waals surface area contributed by atoms with E-state index >= 15 is 0 Å². The molecule has 0 radical (unpaired) electrons. The van der Waals surface area contributed by atoms with Crippen LogP contribution in [0.3, 0.4) is 0 Å². The van der Waals surface area contributed by atoms with Crippen molar-refractivity contribution in [2.45, 2.75) is 32.0 Å². The summed E-state index contributed by atoms with van der Waals surface area (Å²) in [7, 11) is 0. The van der Waals surface area contributed by atoms with Crippen molar-refractivity contribution < 1.29 is 33.0 Å². The molecule has 37 heavy (non-hydrogen) atoms. The van der Waals surface area contributed by atoms with E-state index in [1.807, 2.05) is 42.5 Å². The Balaban J connectivity index is 1.30. The van der Waals surface area contributed by atoms with Crippen molar-refractivity contribution in [3.63, 3.8) is 0 Å². The van der Waals surface area contributed by atoms with E-state index in [4.69, 9.17) is 23.4 Å². The van der Waals surface area contributed by atoms with E-state index in [1.54, 1.807) is 29.4 Å². The average molecular weight is 507 g/mol. The standard InChI is InChI=1S/C28H30N2O7/c31-27(18-30(17-24-9-5-13-34-24)28(32)19-35-22-6-2-1-3-7-22)29(16-23-8-4-12-33-23)15-21-10-11-25-26(14-21)37-20-36-25/h1-4,6-8,10-12,14,24H,5,9,13,15-20H2/t24-/m0/s1. The molecule has 9 nitrogen and oxygen atoms in total. The minimum atomic E-state index is -0.270. The second kappa shape index (κ2) is 11.8. The highest BCUT2D eigenvalue weighted by Crippen LogP contribution is 2.33. The number of carbonyl (C=O) groups excluding carboxylic acids is 2. The van der Waals surface area contributed by atoms with E-state index in [0.29, 0.717) is 42.7 Å². The zero-order valence-corrected chi connectivity index (χ0v) is 20.5. The molecular weight excluding hydrogens is 476 g/mol. The number of ether oxygens (including phenoxy) is 4. The number of amides is 2. The third-order valence-electron chi connectivity index (χ3n) is 6.32. The Bertz CT molecular complexity index is 1180. The van der Waals surface area contributed by atoms with Crippen molar-refractivity contribution in [2.24, 2.45) is 0 Å². The van der Waals surface area contributed by atoms with Crippen LogP contribution in [0.4, 0.5) is 0 Å². The SMILES string of the molecule is O=C(CN(C[C@@H]1CCCO1)C(=O)COc1ccccc1)N(Cc1ccc2c(c1)OCO2)Cc1ccco1. The molecule has 0 spiro atoms. The number of carbonyl (C=O) groups is 2. The highest BCUT2D eigenvalue weighted by molar-refractivity contribution is 5.85. The van der Waals surface area contributed by atoms with Crippen molar-refractivity contribution in [1.82, 2.24) is 9.80 Å². The van der Waals surface area contributed by atoms with Gasteiger partial charge in [0.15, 0.2) is 18.1 Å². The molecule has 1 saturated heterocycles. The second-order valence-corrected chi connectivity index (χ2v) is 9.03. The van der Waals surface area contributed by atoms with Crippen LogP contribution >= 0.6 is 0 Å². The lowest BCUT2D eigenvalue weighted by Crippen LogP contribution is -2.46. The van der Waals surface area contributed by atoms with E-state index in [-0.39, 0.29) is 44.4 Å². The van der Waals surface area contributed by atoms with E-state index in [2.05, 4.69) is 0 Å². The number of furan rings is 1. The summed E-state index contributed by atoms with van der Waals surface area (Å²) in [5.41, 5.74) is 0.883. The van der Waals surface area contributed by atoms with E-state index in [1.165, 1.54) is 4.90 Å². The second-order valence-electron chi connectivity index (χ2n) is 9.03. The molecular formula is C28H30N2O7. The van der Waals surface area contributed by atoms with Crippen LogP contribution in [0, 0.1) is 0 Å². The smallest absolute Gasteiger partial charge is 0.261 e. The number of hydrogen-bond donors (Lipinski definition) is 0. The molecule has 0 saturated carbocycles. The lowest BCUT2D eigenvalue weighted by atomic mass is 10.1. The van der Waals surface area contributed by atoms with Gasteiger partial charge in [-0.3, -0.25) is 9.59 Å². The molecule has 3 heterocycles. The normalized spacial score (nSPS) is 15.9. The Morgan fingerprint density at radius 3 is 2.57 bits per heavy atom. The Morgan fingerprint density at radius 1 is 0.919 bits per heavy atom. The van der Waals surface area contributed by atoms with Gasteiger partial charge in [0.1, 0.15) is 11.5 Å². The van der Waals surface area contributed by atoms with Crippen LogP contribution in [0.5, 0.6) is 17.2 Å². The van der Waals surface area contributed by atoms with Gasteiger partial charge in [0.05, 0.1) is 25.5 Å². The first-order valence-corrected chi connectivity index (χ1v) is 12.4. The summed E-state index contributed by atoms with van der Waals surface area (Å²) in [5.74, 6) is 2.10. The first-order valence-electron chi connectivity index (χ1n) is 12.4. The average Bonchev–Trinajstić information content (AvgIpc) is 3.70. The molecule has 5 rings (SSSR count). The maximum absolute atomic E-state index is 13.6. The fraction of sp³-hybridized carbons (Fsp3) is 0.357. The zero-order valence-electron chi connectivity index (χ0n) is 20.5. The molecule has 0 unspecified atom stereocenters. The third kappa shape index (κ3) is 6.62. The van der Waals surface area contributed by atoms with E-state index in [9.17, 15) is 9.59 Å². The topological polar surface area (TPSA) is 90.7 Å². The Labute approximate surface area is 215 Å². The summed E-state index contributed by atoms with van der Waals surface area (Å²) >= 11 is 0. The Kier molecular flexibility index (Phi) is 7.90. The van der Waals surface area contributed by atoms with Gasteiger partial charge in [-0.15, -0.1) is 0 Å². The lowest BCUT2D eigenvalue weighted by Gasteiger charge is -2.29. The Morgan fingerprint density at radius 2 is 1.78 bits per heavy atom. The van der Waals surface area contributed by atoms with Crippen LogP contribution < -0.4 is 14.2 Å². The number of hydrogen-bond acceptors (Lipinski definition) is 7. The summed E-state index contributed by atoms with van der Waals surface area (Å²) < 4.78 is 27.9. The van der Waals surface area contributed by atoms with Crippen LogP contribution in [0.2, 0.25) is 0 Å². The quantitative estimate of drug-likeness (QED) is 0.392.